The van der Waals surface area contributed by atoms with Crippen molar-refractivity contribution in [3.63, 3.8) is 0 Å². The van der Waals surface area contributed by atoms with Crippen LogP contribution in [0.5, 0.6) is 5.75 Å². The number of aliphatic carboxylic acids is 1. The zero-order valence-electron chi connectivity index (χ0n) is 15.2. The van der Waals surface area contributed by atoms with Gasteiger partial charge in [0.1, 0.15) is 11.8 Å². The monoisotopic (exact) mass is 350 g/mol. The summed E-state index contributed by atoms with van der Waals surface area (Å²) in [6, 6.07) is 4.72. The van der Waals surface area contributed by atoms with Crippen LogP contribution in [0.1, 0.15) is 31.4 Å². The summed E-state index contributed by atoms with van der Waals surface area (Å²) in [4.78, 5) is 35.8. The molecule has 0 aliphatic heterocycles. The van der Waals surface area contributed by atoms with E-state index in [-0.39, 0.29) is 37.9 Å². The van der Waals surface area contributed by atoms with Gasteiger partial charge in [0.05, 0.1) is 13.0 Å². The van der Waals surface area contributed by atoms with E-state index in [1.54, 1.807) is 0 Å². The summed E-state index contributed by atoms with van der Waals surface area (Å²) in [6.07, 6.45) is 0.0606. The molecular weight excluding hydrogens is 324 g/mol. The highest BCUT2D eigenvalue weighted by molar-refractivity contribution is 5.83. The Morgan fingerprint density at radius 2 is 1.96 bits per heavy atom. The van der Waals surface area contributed by atoms with Crippen LogP contribution < -0.4 is 10.1 Å². The molecule has 0 fully saturated rings. The second-order valence-electron chi connectivity index (χ2n) is 5.88. The van der Waals surface area contributed by atoms with Gasteiger partial charge in [0.2, 0.25) is 11.8 Å². The number of carboxylic acids is 1. The molecule has 1 aromatic carbocycles. The molecule has 0 bridgehead atoms. The molecule has 0 spiro atoms. The minimum atomic E-state index is -1.09. The molecule has 7 heteroatoms. The van der Waals surface area contributed by atoms with Gasteiger partial charge in [-0.1, -0.05) is 12.1 Å². The maximum atomic E-state index is 12.4. The Bertz CT molecular complexity index is 630. The van der Waals surface area contributed by atoms with Crippen molar-refractivity contribution >= 4 is 17.8 Å². The highest BCUT2D eigenvalue weighted by atomic mass is 16.5. The molecule has 7 nitrogen and oxygen atoms in total. The fourth-order valence-corrected chi connectivity index (χ4v) is 2.29. The minimum absolute atomic E-state index is 0.0606. The van der Waals surface area contributed by atoms with E-state index in [4.69, 9.17) is 9.84 Å². The number of nitrogens with zero attached hydrogens (tertiary/aromatic N) is 1. The van der Waals surface area contributed by atoms with Crippen molar-refractivity contribution in [2.45, 2.75) is 40.2 Å². The van der Waals surface area contributed by atoms with Crippen LogP contribution in [0.15, 0.2) is 18.2 Å². The first-order chi connectivity index (χ1) is 11.7. The summed E-state index contributed by atoms with van der Waals surface area (Å²) in [5.41, 5.74) is 2.11. The molecule has 0 heterocycles. The smallest absolute Gasteiger partial charge is 0.326 e. The van der Waals surface area contributed by atoms with Crippen molar-refractivity contribution in [2.24, 2.45) is 0 Å². The number of nitrogens with one attached hydrogen (secondary N) is 1. The third kappa shape index (κ3) is 6.45. The van der Waals surface area contributed by atoms with Crippen LogP contribution in [0.2, 0.25) is 0 Å². The molecule has 0 saturated carbocycles. The molecule has 25 heavy (non-hydrogen) atoms. The number of aryl methyl sites for hydroxylation is 1. The number of benzene rings is 1. The summed E-state index contributed by atoms with van der Waals surface area (Å²) in [5, 5.41) is 11.7. The lowest BCUT2D eigenvalue weighted by Crippen LogP contribution is -2.47. The van der Waals surface area contributed by atoms with Crippen molar-refractivity contribution in [3.05, 3.63) is 29.3 Å². The average Bonchev–Trinajstić information content (AvgIpc) is 2.54. The summed E-state index contributed by atoms with van der Waals surface area (Å²) in [5.74, 6) is -0.935. The van der Waals surface area contributed by atoms with Crippen molar-refractivity contribution in [1.29, 1.82) is 0 Å². The topological polar surface area (TPSA) is 95.9 Å². The van der Waals surface area contributed by atoms with Crippen LogP contribution in [0.4, 0.5) is 0 Å². The summed E-state index contributed by atoms with van der Waals surface area (Å²) >= 11 is 0. The molecule has 1 aromatic rings. The van der Waals surface area contributed by atoms with Crippen LogP contribution in [0.3, 0.4) is 0 Å². The Hall–Kier alpha value is -2.57. The maximum absolute atomic E-state index is 12.4. The second kappa shape index (κ2) is 9.66. The third-order valence-corrected chi connectivity index (χ3v) is 4.00. The van der Waals surface area contributed by atoms with E-state index in [0.717, 1.165) is 11.1 Å². The molecule has 138 valence electrons. The molecule has 1 atom stereocenters. The number of carbonyl (C=O) groups excluding carboxylic acids is 2. The van der Waals surface area contributed by atoms with E-state index >= 15 is 0 Å². The number of hydrogen-bond donors (Lipinski definition) is 2. The van der Waals surface area contributed by atoms with Gasteiger partial charge in [-0.3, -0.25) is 9.59 Å². The predicted molar refractivity (Wildman–Crippen MR) is 93.5 cm³/mol. The number of carboxylic acid groups (broad SMARTS) is 1. The number of rotatable bonds is 9. The van der Waals surface area contributed by atoms with Gasteiger partial charge in [0.25, 0.3) is 0 Å². The van der Waals surface area contributed by atoms with Gasteiger partial charge in [0, 0.05) is 20.0 Å². The van der Waals surface area contributed by atoms with Crippen molar-refractivity contribution < 1.29 is 24.2 Å². The SMILES string of the molecule is CC(=O)NCCN(C(=O)CCOc1cccc(C)c1C)C(C)C(=O)O. The highest BCUT2D eigenvalue weighted by Gasteiger charge is 2.25. The lowest BCUT2D eigenvalue weighted by molar-refractivity contribution is -0.149. The molecule has 0 aliphatic rings. The fraction of sp³-hybridized carbons (Fsp3) is 0.500. The highest BCUT2D eigenvalue weighted by Crippen LogP contribution is 2.20. The van der Waals surface area contributed by atoms with Crippen molar-refractivity contribution in [2.75, 3.05) is 19.7 Å². The standard InChI is InChI=1S/C18H26N2O5/c1-12-6-5-7-16(13(12)2)25-11-8-17(22)20(14(3)18(23)24)10-9-19-15(4)21/h5-7,14H,8-11H2,1-4H3,(H,19,21)(H,23,24). The Morgan fingerprint density at radius 3 is 2.56 bits per heavy atom. The van der Waals surface area contributed by atoms with E-state index in [0.29, 0.717) is 5.75 Å². The third-order valence-electron chi connectivity index (χ3n) is 4.00. The molecule has 0 radical (unpaired) electrons. The van der Waals surface area contributed by atoms with E-state index in [2.05, 4.69) is 5.32 Å². The molecule has 1 rings (SSSR count). The van der Waals surface area contributed by atoms with Gasteiger partial charge in [-0.2, -0.15) is 0 Å². The van der Waals surface area contributed by atoms with E-state index in [9.17, 15) is 14.4 Å². The van der Waals surface area contributed by atoms with Gasteiger partial charge in [-0.25, -0.2) is 4.79 Å². The zero-order chi connectivity index (χ0) is 19.0. The Kier molecular flexibility index (Phi) is 7.91. The van der Waals surface area contributed by atoms with Crippen molar-refractivity contribution in [1.82, 2.24) is 10.2 Å². The first-order valence-electron chi connectivity index (χ1n) is 8.19. The summed E-state index contributed by atoms with van der Waals surface area (Å²) < 4.78 is 5.66. The van der Waals surface area contributed by atoms with Crippen LogP contribution in [-0.4, -0.2) is 53.5 Å². The lowest BCUT2D eigenvalue weighted by Gasteiger charge is -2.26. The normalized spacial score (nSPS) is 11.5. The number of hydrogen-bond acceptors (Lipinski definition) is 4. The average molecular weight is 350 g/mol. The van der Waals surface area contributed by atoms with Gasteiger partial charge >= 0.3 is 5.97 Å². The number of amides is 2. The largest absolute Gasteiger partial charge is 0.493 e. The quantitative estimate of drug-likeness (QED) is 0.704. The van der Waals surface area contributed by atoms with Gasteiger partial charge in [-0.05, 0) is 38.0 Å². The maximum Gasteiger partial charge on any atom is 0.326 e. The molecule has 2 amide bonds. The summed E-state index contributed by atoms with van der Waals surface area (Å²) in [7, 11) is 0. The van der Waals surface area contributed by atoms with Gasteiger partial charge in [0.15, 0.2) is 0 Å². The predicted octanol–water partition coefficient (Wildman–Crippen LogP) is 1.51. The van der Waals surface area contributed by atoms with Crippen LogP contribution in [-0.2, 0) is 14.4 Å². The van der Waals surface area contributed by atoms with E-state index < -0.39 is 12.0 Å². The lowest BCUT2D eigenvalue weighted by atomic mass is 10.1. The van der Waals surface area contributed by atoms with Gasteiger partial charge < -0.3 is 20.1 Å². The molecular formula is C18H26N2O5. The number of ether oxygens (including phenoxy) is 1. The molecule has 0 aromatic heterocycles. The Labute approximate surface area is 148 Å². The Morgan fingerprint density at radius 1 is 1.28 bits per heavy atom. The molecule has 2 N–H and O–H groups in total. The zero-order valence-corrected chi connectivity index (χ0v) is 15.2. The second-order valence-corrected chi connectivity index (χ2v) is 5.88. The number of carbonyl (C=O) groups is 3. The fourth-order valence-electron chi connectivity index (χ4n) is 2.29. The summed E-state index contributed by atoms with van der Waals surface area (Å²) in [6.45, 7) is 7.23. The first kappa shape index (κ1) is 20.5. The molecule has 1 unspecified atom stereocenters. The van der Waals surface area contributed by atoms with E-state index in [1.807, 2.05) is 32.0 Å². The first-order valence-corrected chi connectivity index (χ1v) is 8.19. The Balaban J connectivity index is 2.63. The van der Waals surface area contributed by atoms with Gasteiger partial charge in [-0.15, -0.1) is 0 Å². The van der Waals surface area contributed by atoms with E-state index in [1.165, 1.54) is 18.7 Å². The molecule has 0 aliphatic carbocycles. The van der Waals surface area contributed by atoms with Crippen LogP contribution in [0.25, 0.3) is 0 Å². The van der Waals surface area contributed by atoms with Crippen LogP contribution in [0, 0.1) is 13.8 Å². The minimum Gasteiger partial charge on any atom is -0.493 e. The van der Waals surface area contributed by atoms with Crippen molar-refractivity contribution in [3.8, 4) is 5.75 Å². The van der Waals surface area contributed by atoms with Crippen LogP contribution >= 0.6 is 0 Å². The molecule has 0 saturated heterocycles.